The molecule has 0 saturated heterocycles. The van der Waals surface area contributed by atoms with Gasteiger partial charge in [-0.1, -0.05) is 29.8 Å². The fraction of sp³-hybridized carbons (Fsp3) is 0.333. The lowest BCUT2D eigenvalue weighted by Crippen LogP contribution is -2.16. The van der Waals surface area contributed by atoms with E-state index in [1.165, 1.54) is 12.7 Å². The Hall–Kier alpha value is -1.21. The predicted octanol–water partition coefficient (Wildman–Crippen LogP) is 2.71. The van der Waals surface area contributed by atoms with Gasteiger partial charge in [-0.05, 0) is 36.1 Å². The second-order valence-corrected chi connectivity index (χ2v) is 7.19. The van der Waals surface area contributed by atoms with Crippen molar-refractivity contribution in [3.63, 3.8) is 0 Å². The van der Waals surface area contributed by atoms with Gasteiger partial charge < -0.3 is 0 Å². The quantitative estimate of drug-likeness (QED) is 0.859. The van der Waals surface area contributed by atoms with E-state index in [-0.39, 0.29) is 10.8 Å². The van der Waals surface area contributed by atoms with Crippen molar-refractivity contribution in [2.45, 2.75) is 31.6 Å². The molecule has 0 unspecified atom stereocenters. The van der Waals surface area contributed by atoms with Crippen LogP contribution in [0, 0.1) is 6.92 Å². The summed E-state index contributed by atoms with van der Waals surface area (Å²) in [5, 5.41) is 3.72. The summed E-state index contributed by atoms with van der Waals surface area (Å²) in [6.45, 7) is 5.77. The highest BCUT2D eigenvalue weighted by atomic mass is 79.9. The molecule has 0 saturated carbocycles. The molecule has 5 nitrogen and oxygen atoms in total. The summed E-state index contributed by atoms with van der Waals surface area (Å²) in [6.07, 6.45) is 2.40. The zero-order chi connectivity index (χ0) is 14.2. The van der Waals surface area contributed by atoms with E-state index in [9.17, 15) is 8.42 Å². The first kappa shape index (κ1) is 14.2. The molecule has 0 atom stereocenters. The summed E-state index contributed by atoms with van der Waals surface area (Å²) >= 11 is 3.43. The fourth-order valence-corrected chi connectivity index (χ4v) is 3.59. The highest BCUT2D eigenvalue weighted by Gasteiger charge is 2.23. The summed E-state index contributed by atoms with van der Waals surface area (Å²) in [4.78, 5) is 3.96. The summed E-state index contributed by atoms with van der Waals surface area (Å²) < 4.78 is 26.8. The first-order chi connectivity index (χ1) is 8.84. The van der Waals surface area contributed by atoms with Gasteiger partial charge in [-0.2, -0.15) is 8.42 Å². The first-order valence-corrected chi connectivity index (χ1v) is 7.97. The first-order valence-electron chi connectivity index (χ1n) is 5.74. The highest BCUT2D eigenvalue weighted by molar-refractivity contribution is 9.10. The summed E-state index contributed by atoms with van der Waals surface area (Å²) in [5.41, 5.74) is 1.62. The maximum absolute atomic E-state index is 12.5. The molecule has 1 aromatic heterocycles. The molecule has 0 radical (unpaired) electrons. The second-order valence-electron chi connectivity index (χ2n) is 4.57. The lowest BCUT2D eigenvalue weighted by atomic mass is 10.0. The van der Waals surface area contributed by atoms with Gasteiger partial charge in [-0.3, -0.25) is 0 Å². The fourth-order valence-electron chi connectivity index (χ4n) is 1.77. The molecule has 1 aromatic carbocycles. The Labute approximate surface area is 120 Å². The van der Waals surface area contributed by atoms with Crippen LogP contribution in [0.5, 0.6) is 0 Å². The van der Waals surface area contributed by atoms with Gasteiger partial charge in [0, 0.05) is 4.47 Å². The van der Waals surface area contributed by atoms with Gasteiger partial charge >= 0.3 is 0 Å². The standard InChI is InChI=1S/C12H14BrN3O2S/c1-8(2)10-5-11(13)9(3)4-12(10)19(17,18)16-7-14-6-15-16/h4-8H,1-3H3. The average molecular weight is 344 g/mol. The third kappa shape index (κ3) is 2.57. The molecule has 7 heteroatoms. The Balaban J connectivity index is 2.72. The minimum Gasteiger partial charge on any atom is -0.222 e. The third-order valence-electron chi connectivity index (χ3n) is 2.83. The van der Waals surface area contributed by atoms with E-state index < -0.39 is 10.0 Å². The predicted molar refractivity (Wildman–Crippen MR) is 75.6 cm³/mol. The normalized spacial score (nSPS) is 12.1. The van der Waals surface area contributed by atoms with Crippen LogP contribution in [0.2, 0.25) is 0 Å². The van der Waals surface area contributed by atoms with Crippen LogP contribution < -0.4 is 0 Å². The minimum absolute atomic E-state index is 0.0881. The van der Waals surface area contributed by atoms with Crippen molar-refractivity contribution in [2.24, 2.45) is 0 Å². The van der Waals surface area contributed by atoms with Gasteiger partial charge in [-0.25, -0.2) is 4.98 Å². The lowest BCUT2D eigenvalue weighted by molar-refractivity contribution is 0.577. The molecule has 0 aliphatic carbocycles. The molecule has 0 N–H and O–H groups in total. The SMILES string of the molecule is Cc1cc(S(=O)(=O)n2cncn2)c(C(C)C)cc1Br. The van der Waals surface area contributed by atoms with Crippen molar-refractivity contribution >= 4 is 26.0 Å². The molecule has 0 bridgehead atoms. The van der Waals surface area contributed by atoms with Crippen molar-refractivity contribution in [3.05, 3.63) is 40.4 Å². The van der Waals surface area contributed by atoms with Gasteiger partial charge in [0.25, 0.3) is 10.0 Å². The molecule has 0 spiro atoms. The van der Waals surface area contributed by atoms with Crippen molar-refractivity contribution in [1.29, 1.82) is 0 Å². The Morgan fingerprint density at radius 2 is 2.00 bits per heavy atom. The molecular formula is C12H14BrN3O2S. The smallest absolute Gasteiger partial charge is 0.222 e. The third-order valence-corrected chi connectivity index (χ3v) is 5.28. The van der Waals surface area contributed by atoms with Crippen LogP contribution in [-0.2, 0) is 10.0 Å². The minimum atomic E-state index is -3.69. The second kappa shape index (κ2) is 5.05. The molecule has 1 heterocycles. The van der Waals surface area contributed by atoms with E-state index >= 15 is 0 Å². The topological polar surface area (TPSA) is 64.8 Å². The molecule has 0 fully saturated rings. The molecule has 2 aromatic rings. The van der Waals surface area contributed by atoms with E-state index in [0.29, 0.717) is 0 Å². The van der Waals surface area contributed by atoms with E-state index in [0.717, 1.165) is 19.7 Å². The molecular weight excluding hydrogens is 330 g/mol. The van der Waals surface area contributed by atoms with Crippen molar-refractivity contribution in [2.75, 3.05) is 0 Å². The highest BCUT2D eigenvalue weighted by Crippen LogP contribution is 2.30. The number of aryl methyl sites for hydroxylation is 1. The number of halogens is 1. The van der Waals surface area contributed by atoms with E-state index in [4.69, 9.17) is 0 Å². The van der Waals surface area contributed by atoms with Crippen LogP contribution in [0.15, 0.2) is 34.2 Å². The molecule has 102 valence electrons. The van der Waals surface area contributed by atoms with E-state index in [1.54, 1.807) is 6.07 Å². The molecule has 0 aliphatic heterocycles. The van der Waals surface area contributed by atoms with Crippen LogP contribution in [0.3, 0.4) is 0 Å². The Morgan fingerprint density at radius 1 is 1.32 bits per heavy atom. The van der Waals surface area contributed by atoms with Crippen LogP contribution in [0.4, 0.5) is 0 Å². The maximum Gasteiger partial charge on any atom is 0.284 e. The Morgan fingerprint density at radius 3 is 2.53 bits per heavy atom. The Kier molecular flexibility index (Phi) is 3.78. The van der Waals surface area contributed by atoms with Crippen LogP contribution in [0.1, 0.15) is 30.9 Å². The van der Waals surface area contributed by atoms with Gasteiger partial charge in [0.1, 0.15) is 12.7 Å². The van der Waals surface area contributed by atoms with Gasteiger partial charge in [-0.15, -0.1) is 9.19 Å². The molecule has 0 aliphatic rings. The zero-order valence-electron chi connectivity index (χ0n) is 10.8. The van der Waals surface area contributed by atoms with E-state index in [1.807, 2.05) is 26.8 Å². The number of nitrogens with zero attached hydrogens (tertiary/aromatic N) is 3. The van der Waals surface area contributed by atoms with Crippen molar-refractivity contribution in [3.8, 4) is 0 Å². The van der Waals surface area contributed by atoms with Gasteiger partial charge in [0.2, 0.25) is 0 Å². The molecule has 19 heavy (non-hydrogen) atoms. The zero-order valence-corrected chi connectivity index (χ0v) is 13.2. The number of aromatic nitrogens is 3. The summed E-state index contributed by atoms with van der Waals surface area (Å²) in [5.74, 6) is 0.0881. The maximum atomic E-state index is 12.5. The monoisotopic (exact) mass is 343 g/mol. The summed E-state index contributed by atoms with van der Waals surface area (Å²) in [6, 6.07) is 3.51. The lowest BCUT2D eigenvalue weighted by Gasteiger charge is -2.15. The Bertz CT molecular complexity index is 694. The van der Waals surface area contributed by atoms with Crippen LogP contribution in [-0.4, -0.2) is 22.6 Å². The number of hydrogen-bond acceptors (Lipinski definition) is 4. The largest absolute Gasteiger partial charge is 0.284 e. The number of rotatable bonds is 3. The van der Waals surface area contributed by atoms with Crippen LogP contribution in [0.25, 0.3) is 0 Å². The number of benzene rings is 1. The number of hydrogen-bond donors (Lipinski definition) is 0. The van der Waals surface area contributed by atoms with Crippen LogP contribution >= 0.6 is 15.9 Å². The van der Waals surface area contributed by atoms with Gasteiger partial charge in [0.15, 0.2) is 0 Å². The average Bonchev–Trinajstić information content (AvgIpc) is 2.85. The van der Waals surface area contributed by atoms with Crippen molar-refractivity contribution in [1.82, 2.24) is 14.2 Å². The summed E-state index contributed by atoms with van der Waals surface area (Å²) in [7, 11) is -3.69. The van der Waals surface area contributed by atoms with E-state index in [2.05, 4.69) is 26.0 Å². The van der Waals surface area contributed by atoms with Gasteiger partial charge in [0.05, 0.1) is 4.90 Å². The molecule has 0 amide bonds. The molecule has 2 rings (SSSR count). The van der Waals surface area contributed by atoms with Crippen molar-refractivity contribution < 1.29 is 8.42 Å².